The molecule has 0 bridgehead atoms. The minimum absolute atomic E-state index is 0.307. The maximum Gasteiger partial charge on any atom is 0.269 e. The Labute approximate surface area is 247 Å². The highest BCUT2D eigenvalue weighted by Gasteiger charge is 2.22. The van der Waals surface area contributed by atoms with E-state index in [2.05, 4.69) is 57.4 Å². The van der Waals surface area contributed by atoms with Crippen molar-refractivity contribution in [3.63, 3.8) is 0 Å². The van der Waals surface area contributed by atoms with Crippen molar-refractivity contribution >= 4 is 65.5 Å². The fourth-order valence-electron chi connectivity index (χ4n) is 4.40. The molecule has 0 saturated carbocycles. The zero-order valence-electron chi connectivity index (χ0n) is 21.6. The van der Waals surface area contributed by atoms with Gasteiger partial charge >= 0.3 is 0 Å². The smallest absolute Gasteiger partial charge is 0.269 e. The van der Waals surface area contributed by atoms with Crippen LogP contribution in [0.25, 0.3) is 43.9 Å². The predicted molar refractivity (Wildman–Crippen MR) is 169 cm³/mol. The average molecular weight is 628 g/mol. The third kappa shape index (κ3) is 5.11. The van der Waals surface area contributed by atoms with Gasteiger partial charge in [0.2, 0.25) is 0 Å². The lowest BCUT2D eigenvalue weighted by Gasteiger charge is -2.10. The van der Waals surface area contributed by atoms with E-state index < -0.39 is 0 Å². The summed E-state index contributed by atoms with van der Waals surface area (Å²) >= 11 is 6.11. The van der Waals surface area contributed by atoms with E-state index in [0.717, 1.165) is 54.8 Å². The Morgan fingerprint density at radius 3 is 2.25 bits per heavy atom. The Morgan fingerprint density at radius 2 is 1.55 bits per heavy atom. The molecular weight excluding hydrogens is 604 g/mol. The first-order chi connectivity index (χ1) is 19.4. The number of nitrogens with zero attached hydrogens (tertiary/aromatic N) is 2. The third-order valence-corrected chi connectivity index (χ3v) is 8.90. The molecule has 0 spiro atoms. The van der Waals surface area contributed by atoms with Gasteiger partial charge in [-0.15, -0.1) is 22.7 Å². The van der Waals surface area contributed by atoms with Crippen molar-refractivity contribution in [3.05, 3.63) is 99.2 Å². The van der Waals surface area contributed by atoms with E-state index in [0.29, 0.717) is 20.5 Å². The lowest BCUT2D eigenvalue weighted by atomic mass is 9.98. The number of halogens is 1. The van der Waals surface area contributed by atoms with Crippen molar-refractivity contribution < 1.29 is 9.53 Å². The number of methoxy groups -OCH3 is 1. The molecule has 0 aliphatic rings. The average Bonchev–Trinajstić information content (AvgIpc) is 3.57. The molecule has 0 aliphatic carbocycles. The number of fused-ring (bicyclic) bond motifs is 1. The number of nitrogen functional groups attached to an aromatic ring is 1. The van der Waals surface area contributed by atoms with Crippen LogP contribution in [-0.4, -0.2) is 23.0 Å². The van der Waals surface area contributed by atoms with Gasteiger partial charge in [0, 0.05) is 26.4 Å². The highest BCUT2D eigenvalue weighted by molar-refractivity contribution is 9.10. The van der Waals surface area contributed by atoms with Gasteiger partial charge in [0.25, 0.3) is 5.91 Å². The van der Waals surface area contributed by atoms with Crippen LogP contribution >= 0.6 is 38.6 Å². The summed E-state index contributed by atoms with van der Waals surface area (Å²) in [6, 6.07) is 25.9. The van der Waals surface area contributed by atoms with Crippen LogP contribution in [0, 0.1) is 6.92 Å². The van der Waals surface area contributed by atoms with Gasteiger partial charge in [0.05, 0.1) is 24.2 Å². The molecule has 3 aromatic heterocycles. The van der Waals surface area contributed by atoms with Gasteiger partial charge < -0.3 is 10.5 Å². The number of benzene rings is 3. The van der Waals surface area contributed by atoms with Crippen molar-refractivity contribution in [2.24, 2.45) is 0 Å². The molecule has 0 radical (unpaired) electrons. The number of aromatic nitrogens is 2. The first-order valence-corrected chi connectivity index (χ1v) is 14.9. The van der Waals surface area contributed by atoms with Crippen LogP contribution < -0.4 is 15.8 Å². The van der Waals surface area contributed by atoms with Crippen LogP contribution in [0.2, 0.25) is 0 Å². The van der Waals surface area contributed by atoms with E-state index >= 15 is 0 Å². The molecule has 6 rings (SSSR count). The van der Waals surface area contributed by atoms with Crippen molar-refractivity contribution in [1.82, 2.24) is 9.97 Å². The van der Waals surface area contributed by atoms with Gasteiger partial charge in [-0.05, 0) is 60.5 Å². The third-order valence-electron chi connectivity index (χ3n) is 6.52. The molecule has 9 heteroatoms. The predicted octanol–water partition coefficient (Wildman–Crippen LogP) is 8.67. The minimum Gasteiger partial charge on any atom is -0.497 e. The van der Waals surface area contributed by atoms with Crippen LogP contribution in [0.1, 0.15) is 15.2 Å². The summed E-state index contributed by atoms with van der Waals surface area (Å²) in [5.41, 5.74) is 13.7. The summed E-state index contributed by atoms with van der Waals surface area (Å²) in [7, 11) is 1.64. The summed E-state index contributed by atoms with van der Waals surface area (Å²) in [4.78, 5) is 24.1. The number of amides is 1. The van der Waals surface area contributed by atoms with E-state index in [1.807, 2.05) is 60.0 Å². The lowest BCUT2D eigenvalue weighted by Crippen LogP contribution is -2.11. The number of anilines is 2. The van der Waals surface area contributed by atoms with Gasteiger partial charge in [0.15, 0.2) is 5.13 Å². The standard InChI is InChI=1S/C31H23BrN4O2S2/c1-17-3-5-18(6-4-17)23-15-24(19-9-13-22(38-2)14-10-19)34-30-26(23)27(33)28(40-30)29(37)36-31-35-25(16-39-31)20-7-11-21(32)12-8-20/h3-16H,33H2,1-2H3,(H,35,36,37). The summed E-state index contributed by atoms with van der Waals surface area (Å²) in [5.74, 6) is 0.464. The van der Waals surface area contributed by atoms with Crippen LogP contribution in [0.15, 0.2) is 88.7 Å². The summed E-state index contributed by atoms with van der Waals surface area (Å²) in [6.07, 6.45) is 0. The second kappa shape index (κ2) is 10.8. The molecule has 1 amide bonds. The Morgan fingerprint density at radius 1 is 0.900 bits per heavy atom. The van der Waals surface area contributed by atoms with Crippen LogP contribution in [0.3, 0.4) is 0 Å². The molecule has 40 heavy (non-hydrogen) atoms. The molecule has 0 saturated heterocycles. The van der Waals surface area contributed by atoms with E-state index in [-0.39, 0.29) is 5.91 Å². The number of ether oxygens (including phenoxy) is 1. The van der Waals surface area contributed by atoms with Crippen molar-refractivity contribution in [2.75, 3.05) is 18.2 Å². The van der Waals surface area contributed by atoms with Crippen molar-refractivity contribution in [3.8, 4) is 39.4 Å². The molecule has 3 aromatic carbocycles. The molecular formula is C31H23BrN4O2S2. The van der Waals surface area contributed by atoms with Gasteiger partial charge in [-0.2, -0.15) is 0 Å². The Balaban J connectivity index is 1.40. The van der Waals surface area contributed by atoms with Crippen molar-refractivity contribution in [1.29, 1.82) is 0 Å². The van der Waals surface area contributed by atoms with Crippen LogP contribution in [0.4, 0.5) is 10.8 Å². The van der Waals surface area contributed by atoms with Gasteiger partial charge in [-0.3, -0.25) is 10.1 Å². The minimum atomic E-state index is -0.307. The number of thiophene rings is 1. The maximum absolute atomic E-state index is 13.5. The Hall–Kier alpha value is -4.05. The number of carbonyl (C=O) groups is 1. The summed E-state index contributed by atoms with van der Waals surface area (Å²) in [6.45, 7) is 2.05. The number of nitrogens with one attached hydrogen (secondary N) is 1. The lowest BCUT2D eigenvalue weighted by molar-refractivity contribution is 0.103. The normalized spacial score (nSPS) is 11.1. The molecule has 198 valence electrons. The fraction of sp³-hybridized carbons (Fsp3) is 0.0645. The van der Waals surface area contributed by atoms with E-state index in [9.17, 15) is 4.79 Å². The number of pyridine rings is 1. The van der Waals surface area contributed by atoms with Gasteiger partial charge in [0.1, 0.15) is 15.5 Å². The van der Waals surface area contributed by atoms with E-state index in [1.54, 1.807) is 7.11 Å². The Bertz CT molecular complexity index is 1840. The molecule has 3 heterocycles. The zero-order chi connectivity index (χ0) is 27.8. The monoisotopic (exact) mass is 626 g/mol. The van der Waals surface area contributed by atoms with Crippen molar-refractivity contribution in [2.45, 2.75) is 6.92 Å². The molecule has 0 unspecified atom stereocenters. The largest absolute Gasteiger partial charge is 0.497 e. The first kappa shape index (κ1) is 26.2. The van der Waals surface area contributed by atoms with E-state index in [4.69, 9.17) is 15.5 Å². The number of thiazole rings is 1. The molecule has 6 nitrogen and oxygen atoms in total. The number of rotatable bonds is 6. The molecule has 6 aromatic rings. The maximum atomic E-state index is 13.5. The number of aryl methyl sites for hydroxylation is 1. The topological polar surface area (TPSA) is 90.1 Å². The molecule has 0 fully saturated rings. The fourth-order valence-corrected chi connectivity index (χ4v) is 6.39. The molecule has 0 aliphatic heterocycles. The zero-order valence-corrected chi connectivity index (χ0v) is 24.8. The van der Waals surface area contributed by atoms with Gasteiger partial charge in [-0.1, -0.05) is 57.9 Å². The highest BCUT2D eigenvalue weighted by Crippen LogP contribution is 2.42. The Kier molecular flexibility index (Phi) is 7.10. The number of hydrogen-bond acceptors (Lipinski definition) is 7. The SMILES string of the molecule is COc1ccc(-c2cc(-c3ccc(C)cc3)c3c(N)c(C(=O)Nc4nc(-c5ccc(Br)cc5)cs4)sc3n2)cc1. The van der Waals surface area contributed by atoms with Gasteiger partial charge in [-0.25, -0.2) is 9.97 Å². The second-order valence-electron chi connectivity index (χ2n) is 9.17. The molecule has 3 N–H and O–H groups in total. The summed E-state index contributed by atoms with van der Waals surface area (Å²) in [5, 5.41) is 6.13. The van der Waals surface area contributed by atoms with Crippen LogP contribution in [0.5, 0.6) is 5.75 Å². The summed E-state index contributed by atoms with van der Waals surface area (Å²) < 4.78 is 6.31. The number of carbonyl (C=O) groups excluding carboxylic acids is 1. The van der Waals surface area contributed by atoms with E-state index in [1.165, 1.54) is 22.7 Å². The second-order valence-corrected chi connectivity index (χ2v) is 11.9. The highest BCUT2D eigenvalue weighted by atomic mass is 79.9. The number of nitrogens with two attached hydrogens (primary N) is 1. The molecule has 0 atom stereocenters. The first-order valence-electron chi connectivity index (χ1n) is 12.4. The quantitative estimate of drug-likeness (QED) is 0.193. The van der Waals surface area contributed by atoms with Crippen LogP contribution in [-0.2, 0) is 0 Å². The number of hydrogen-bond donors (Lipinski definition) is 2.